The molecular weight excluding hydrogens is 429 g/mol. The molecular formula is C21H40FN9O2. The maximum atomic E-state index is 13.8. The molecule has 0 aromatic heterocycles. The Balaban J connectivity index is 1.15. The van der Waals surface area contributed by atoms with E-state index in [1.165, 1.54) is 0 Å². The zero-order valence-electron chi connectivity index (χ0n) is 19.6. The summed E-state index contributed by atoms with van der Waals surface area (Å²) in [6, 6.07) is 0.298. The van der Waals surface area contributed by atoms with Gasteiger partial charge < -0.3 is 21.3 Å². The van der Waals surface area contributed by atoms with Gasteiger partial charge in [0.25, 0.3) is 0 Å². The van der Waals surface area contributed by atoms with E-state index in [0.717, 1.165) is 65.2 Å². The van der Waals surface area contributed by atoms with Crippen LogP contribution in [0.3, 0.4) is 0 Å². The highest BCUT2D eigenvalue weighted by Crippen LogP contribution is 2.23. The minimum atomic E-state index is -0.966. The number of hydrazine groups is 1. The van der Waals surface area contributed by atoms with Gasteiger partial charge in [0.05, 0.1) is 30.4 Å². The highest BCUT2D eigenvalue weighted by atomic mass is 19.1. The normalized spacial score (nSPS) is 41.8. The fourth-order valence-corrected chi connectivity index (χ4v) is 6.02. The molecule has 5 aliphatic heterocycles. The first-order valence-corrected chi connectivity index (χ1v) is 12.5. The van der Waals surface area contributed by atoms with Crippen molar-refractivity contribution in [3.8, 4) is 0 Å². The first-order chi connectivity index (χ1) is 16.0. The van der Waals surface area contributed by atoms with Crippen LogP contribution in [0.25, 0.3) is 0 Å². The Hall–Kier alpha value is -0.960. The summed E-state index contributed by atoms with van der Waals surface area (Å²) in [5.74, 6) is -0.534. The van der Waals surface area contributed by atoms with E-state index in [-0.39, 0.29) is 37.2 Å². The Morgan fingerprint density at radius 3 is 2.70 bits per heavy atom. The molecule has 6 N–H and O–H groups in total. The Morgan fingerprint density at radius 2 is 1.94 bits per heavy atom. The number of piperidine rings is 1. The van der Waals surface area contributed by atoms with E-state index in [0.29, 0.717) is 6.10 Å². The van der Waals surface area contributed by atoms with Crippen molar-refractivity contribution in [1.82, 2.24) is 41.2 Å². The van der Waals surface area contributed by atoms with Gasteiger partial charge in [-0.25, -0.2) is 14.8 Å². The molecule has 0 radical (unpaired) electrons. The molecule has 5 rings (SSSR count). The average Bonchev–Trinajstić information content (AvgIpc) is 3.35. The van der Waals surface area contributed by atoms with E-state index >= 15 is 0 Å². The van der Waals surface area contributed by atoms with Gasteiger partial charge >= 0.3 is 0 Å². The number of hydroxylamine groups is 2. The molecule has 5 aliphatic rings. The van der Waals surface area contributed by atoms with Gasteiger partial charge in [-0.2, -0.15) is 5.06 Å². The number of hydrogen-bond donors (Lipinski definition) is 5. The van der Waals surface area contributed by atoms with Gasteiger partial charge in [0.15, 0.2) is 0 Å². The zero-order valence-corrected chi connectivity index (χ0v) is 19.6. The molecule has 5 heterocycles. The number of nitrogens with one attached hydrogen (secondary N) is 4. The van der Waals surface area contributed by atoms with Crippen LogP contribution in [0.5, 0.6) is 0 Å². The Labute approximate surface area is 195 Å². The third-order valence-electron chi connectivity index (χ3n) is 7.79. The van der Waals surface area contributed by atoms with Gasteiger partial charge in [-0.05, 0) is 26.4 Å². The molecule has 1 amide bonds. The molecule has 7 atom stereocenters. The van der Waals surface area contributed by atoms with Gasteiger partial charge in [0.2, 0.25) is 5.91 Å². The number of nitrogens with two attached hydrogens (primary N) is 1. The number of hydrogen-bond acceptors (Lipinski definition) is 10. The number of rotatable bonds is 5. The van der Waals surface area contributed by atoms with Gasteiger partial charge in [0.1, 0.15) is 6.17 Å². The number of piperazine rings is 1. The van der Waals surface area contributed by atoms with E-state index < -0.39 is 18.3 Å². The first-order valence-electron chi connectivity index (χ1n) is 12.5. The van der Waals surface area contributed by atoms with Crippen molar-refractivity contribution in [1.29, 1.82) is 0 Å². The molecule has 5 fully saturated rings. The van der Waals surface area contributed by atoms with Crippen LogP contribution in [0, 0.1) is 5.92 Å². The van der Waals surface area contributed by atoms with Crippen LogP contribution in [0.1, 0.15) is 12.8 Å². The molecule has 0 aromatic rings. The highest BCUT2D eigenvalue weighted by molar-refractivity contribution is 5.81. The molecule has 0 aromatic carbocycles. The van der Waals surface area contributed by atoms with Gasteiger partial charge in [-0.1, -0.05) is 0 Å². The molecule has 33 heavy (non-hydrogen) atoms. The van der Waals surface area contributed by atoms with Crippen LogP contribution in [-0.2, 0) is 9.63 Å². The summed E-state index contributed by atoms with van der Waals surface area (Å²) < 4.78 is 13.8. The number of likely N-dealkylation sites (tertiary alicyclic amines) is 1. The van der Waals surface area contributed by atoms with Crippen LogP contribution in [0.4, 0.5) is 4.39 Å². The van der Waals surface area contributed by atoms with E-state index in [2.05, 4.69) is 43.3 Å². The van der Waals surface area contributed by atoms with Crippen molar-refractivity contribution in [2.24, 2.45) is 11.7 Å². The van der Waals surface area contributed by atoms with Crippen molar-refractivity contribution in [2.45, 2.75) is 49.5 Å². The number of nitrogens with zero attached hydrogens (tertiary/aromatic N) is 4. The summed E-state index contributed by atoms with van der Waals surface area (Å²) in [4.78, 5) is 24.3. The fraction of sp³-hybridized carbons (Fsp3) is 0.952. The molecule has 11 nitrogen and oxygen atoms in total. The van der Waals surface area contributed by atoms with Crippen LogP contribution in [0.15, 0.2) is 0 Å². The number of carbonyl (C=O) groups is 1. The minimum Gasteiger partial charge on any atom is -0.350 e. The standard InChI is InChI=1S/C21H40FN9O2/c1-28-5-3-15(13-28)33-30-8-6-29(7-9-30)17-2-4-24-11-16(17)26-21(32)18-19(23)27-31-12-14(22)10-25-20(18)31/h14-20,24-25,27H,2-13,23H2,1H3,(H,26,32)/t14?,15-,16?,17?,18?,19?,20?/m1/s1. The average molecular weight is 470 g/mol. The predicted octanol–water partition coefficient (Wildman–Crippen LogP) is -2.92. The second kappa shape index (κ2) is 10.3. The topological polar surface area (TPSA) is 113 Å². The summed E-state index contributed by atoms with van der Waals surface area (Å²) in [6.07, 6.45) is 0.613. The number of alkyl halides is 1. The third-order valence-corrected chi connectivity index (χ3v) is 7.79. The number of halogens is 1. The summed E-state index contributed by atoms with van der Waals surface area (Å²) in [5.41, 5.74) is 9.30. The van der Waals surface area contributed by atoms with E-state index in [1.807, 2.05) is 0 Å². The van der Waals surface area contributed by atoms with Crippen molar-refractivity contribution in [2.75, 3.05) is 72.5 Å². The Bertz CT molecular complexity index is 682. The maximum Gasteiger partial charge on any atom is 0.229 e. The Kier molecular flexibility index (Phi) is 7.45. The molecule has 188 valence electrons. The van der Waals surface area contributed by atoms with Crippen molar-refractivity contribution in [3.05, 3.63) is 0 Å². The summed E-state index contributed by atoms with van der Waals surface area (Å²) in [7, 11) is 2.14. The van der Waals surface area contributed by atoms with Gasteiger partial charge in [-0.15, -0.1) is 0 Å². The lowest BCUT2D eigenvalue weighted by atomic mass is 9.96. The molecule has 0 bridgehead atoms. The molecule has 12 heteroatoms. The van der Waals surface area contributed by atoms with E-state index in [1.54, 1.807) is 5.01 Å². The van der Waals surface area contributed by atoms with Crippen molar-refractivity contribution >= 4 is 5.91 Å². The lowest BCUT2D eigenvalue weighted by Crippen LogP contribution is -2.65. The van der Waals surface area contributed by atoms with E-state index in [9.17, 15) is 9.18 Å². The van der Waals surface area contributed by atoms with Crippen molar-refractivity contribution < 1.29 is 14.0 Å². The second-order valence-corrected chi connectivity index (χ2v) is 10.2. The maximum absolute atomic E-state index is 13.8. The molecule has 0 saturated carbocycles. The minimum absolute atomic E-state index is 0.0148. The molecule has 6 unspecified atom stereocenters. The lowest BCUT2D eigenvalue weighted by molar-refractivity contribution is -0.210. The number of amides is 1. The summed E-state index contributed by atoms with van der Waals surface area (Å²) in [5, 5.41) is 13.7. The largest absolute Gasteiger partial charge is 0.350 e. The molecule has 0 spiro atoms. The zero-order chi connectivity index (χ0) is 22.9. The summed E-state index contributed by atoms with van der Waals surface area (Å²) in [6.45, 7) is 7.90. The molecule has 5 saturated heterocycles. The van der Waals surface area contributed by atoms with Crippen LogP contribution in [0.2, 0.25) is 0 Å². The van der Waals surface area contributed by atoms with Gasteiger partial charge in [0, 0.05) is 64.9 Å². The number of carbonyl (C=O) groups excluding carboxylic acids is 1. The van der Waals surface area contributed by atoms with Crippen molar-refractivity contribution in [3.63, 3.8) is 0 Å². The van der Waals surface area contributed by atoms with E-state index in [4.69, 9.17) is 10.6 Å². The molecule has 0 aliphatic carbocycles. The smallest absolute Gasteiger partial charge is 0.229 e. The van der Waals surface area contributed by atoms with Crippen LogP contribution >= 0.6 is 0 Å². The SMILES string of the molecule is CN1CC[C@@H](ON2CCN(C3CCNCC3NC(=O)C3C(N)NN4CC(F)CNC34)CC2)C1. The number of fused-ring (bicyclic) bond motifs is 1. The van der Waals surface area contributed by atoms with Crippen LogP contribution in [-0.4, -0.2) is 135 Å². The quantitative estimate of drug-likeness (QED) is 0.287. The fourth-order valence-electron chi connectivity index (χ4n) is 6.02. The first kappa shape index (κ1) is 23.8. The number of likely N-dealkylation sites (N-methyl/N-ethyl adjacent to an activating group) is 1. The predicted molar refractivity (Wildman–Crippen MR) is 121 cm³/mol. The monoisotopic (exact) mass is 469 g/mol. The lowest BCUT2D eigenvalue weighted by Gasteiger charge is -2.44. The second-order valence-electron chi connectivity index (χ2n) is 10.2. The van der Waals surface area contributed by atoms with Gasteiger partial charge in [-0.3, -0.25) is 19.8 Å². The summed E-state index contributed by atoms with van der Waals surface area (Å²) >= 11 is 0. The Morgan fingerprint density at radius 1 is 1.12 bits per heavy atom. The highest BCUT2D eigenvalue weighted by Gasteiger charge is 2.48. The third kappa shape index (κ3) is 5.34. The van der Waals surface area contributed by atoms with Crippen LogP contribution < -0.4 is 27.1 Å².